The molecule has 126 valence electrons. The highest BCUT2D eigenvalue weighted by atomic mass is 16.5. The van der Waals surface area contributed by atoms with Gasteiger partial charge in [0.05, 0.1) is 12.7 Å². The minimum atomic E-state index is -0.464. The number of carbonyl (C=O) groups is 2. The van der Waals surface area contributed by atoms with Gasteiger partial charge in [0.15, 0.2) is 6.61 Å². The molecule has 0 atom stereocenters. The van der Waals surface area contributed by atoms with E-state index in [0.29, 0.717) is 17.1 Å². The number of aryl methyl sites for hydroxylation is 1. The zero-order valence-corrected chi connectivity index (χ0v) is 13.7. The van der Waals surface area contributed by atoms with E-state index >= 15 is 0 Å². The SMILES string of the molecule is CCc1cccc(OCC(=O)NNC(=O)c2ccccc2OC)c1. The summed E-state index contributed by atoms with van der Waals surface area (Å²) >= 11 is 0. The van der Waals surface area contributed by atoms with Gasteiger partial charge in [0, 0.05) is 0 Å². The van der Waals surface area contributed by atoms with E-state index in [2.05, 4.69) is 10.9 Å². The number of hydrogen-bond donors (Lipinski definition) is 2. The van der Waals surface area contributed by atoms with Crippen LogP contribution in [0.15, 0.2) is 48.5 Å². The molecule has 0 saturated heterocycles. The molecule has 6 heteroatoms. The van der Waals surface area contributed by atoms with E-state index in [0.717, 1.165) is 12.0 Å². The summed E-state index contributed by atoms with van der Waals surface area (Å²) in [6.07, 6.45) is 0.887. The average Bonchev–Trinajstić information content (AvgIpc) is 2.64. The van der Waals surface area contributed by atoms with Gasteiger partial charge in [-0.25, -0.2) is 0 Å². The third kappa shape index (κ3) is 4.74. The lowest BCUT2D eigenvalue weighted by molar-refractivity contribution is -0.123. The number of amides is 2. The van der Waals surface area contributed by atoms with Crippen molar-refractivity contribution >= 4 is 11.8 Å². The highest BCUT2D eigenvalue weighted by Gasteiger charge is 2.12. The summed E-state index contributed by atoms with van der Waals surface area (Å²) in [6, 6.07) is 14.2. The van der Waals surface area contributed by atoms with Gasteiger partial charge in [-0.15, -0.1) is 0 Å². The maximum atomic E-state index is 12.0. The Labute approximate surface area is 140 Å². The molecular weight excluding hydrogens is 308 g/mol. The smallest absolute Gasteiger partial charge is 0.276 e. The number of nitrogens with one attached hydrogen (secondary N) is 2. The van der Waals surface area contributed by atoms with Crippen LogP contribution in [0.25, 0.3) is 0 Å². The van der Waals surface area contributed by atoms with Gasteiger partial charge in [0.2, 0.25) is 0 Å². The van der Waals surface area contributed by atoms with Crippen molar-refractivity contribution in [1.29, 1.82) is 0 Å². The second-order valence-electron chi connectivity index (χ2n) is 4.99. The van der Waals surface area contributed by atoms with Crippen LogP contribution in [-0.2, 0) is 11.2 Å². The number of para-hydroxylation sites is 1. The monoisotopic (exact) mass is 328 g/mol. The van der Waals surface area contributed by atoms with Gasteiger partial charge in [-0.3, -0.25) is 20.4 Å². The van der Waals surface area contributed by atoms with Crippen LogP contribution in [0.4, 0.5) is 0 Å². The Kier molecular flexibility index (Phi) is 6.19. The number of benzene rings is 2. The summed E-state index contributed by atoms with van der Waals surface area (Å²) in [5, 5.41) is 0. The standard InChI is InChI=1S/C18H20N2O4/c1-3-13-7-6-8-14(11-13)24-12-17(21)19-20-18(22)15-9-4-5-10-16(15)23-2/h4-11H,3,12H2,1-2H3,(H,19,21)(H,20,22). The molecule has 2 aromatic rings. The summed E-state index contributed by atoms with van der Waals surface area (Å²) in [5.74, 6) is 0.117. The molecular formula is C18H20N2O4. The first-order valence-corrected chi connectivity index (χ1v) is 7.58. The van der Waals surface area contributed by atoms with E-state index in [1.807, 2.05) is 25.1 Å². The lowest BCUT2D eigenvalue weighted by Gasteiger charge is -2.11. The van der Waals surface area contributed by atoms with Crippen molar-refractivity contribution in [3.8, 4) is 11.5 Å². The fourth-order valence-electron chi connectivity index (χ4n) is 2.07. The van der Waals surface area contributed by atoms with Crippen molar-refractivity contribution in [3.05, 3.63) is 59.7 Å². The molecule has 0 radical (unpaired) electrons. The largest absolute Gasteiger partial charge is 0.496 e. The Morgan fingerprint density at radius 1 is 1.04 bits per heavy atom. The zero-order chi connectivity index (χ0) is 17.4. The fourth-order valence-corrected chi connectivity index (χ4v) is 2.07. The Hall–Kier alpha value is -3.02. The molecule has 0 fully saturated rings. The van der Waals surface area contributed by atoms with Gasteiger partial charge in [-0.05, 0) is 36.2 Å². The van der Waals surface area contributed by atoms with Crippen molar-refractivity contribution in [2.45, 2.75) is 13.3 Å². The molecule has 0 bridgehead atoms. The minimum absolute atomic E-state index is 0.195. The van der Waals surface area contributed by atoms with E-state index in [1.165, 1.54) is 7.11 Å². The molecule has 0 aliphatic rings. The number of carbonyl (C=O) groups excluding carboxylic acids is 2. The number of methoxy groups -OCH3 is 1. The van der Waals surface area contributed by atoms with Crippen molar-refractivity contribution in [2.24, 2.45) is 0 Å². The first-order valence-electron chi connectivity index (χ1n) is 7.58. The van der Waals surface area contributed by atoms with Gasteiger partial charge in [0.1, 0.15) is 11.5 Å². The van der Waals surface area contributed by atoms with Gasteiger partial charge in [0.25, 0.3) is 11.8 Å². The van der Waals surface area contributed by atoms with Crippen molar-refractivity contribution < 1.29 is 19.1 Å². The molecule has 0 unspecified atom stereocenters. The van der Waals surface area contributed by atoms with E-state index in [1.54, 1.807) is 30.3 Å². The molecule has 0 spiro atoms. The molecule has 0 heterocycles. The van der Waals surface area contributed by atoms with E-state index in [4.69, 9.17) is 9.47 Å². The maximum absolute atomic E-state index is 12.0. The minimum Gasteiger partial charge on any atom is -0.496 e. The quantitative estimate of drug-likeness (QED) is 0.796. The maximum Gasteiger partial charge on any atom is 0.276 e. The summed E-state index contributed by atoms with van der Waals surface area (Å²) in [4.78, 5) is 23.8. The van der Waals surface area contributed by atoms with Crippen LogP contribution in [0.2, 0.25) is 0 Å². The van der Waals surface area contributed by atoms with E-state index in [9.17, 15) is 9.59 Å². The Balaban J connectivity index is 1.83. The third-order valence-electron chi connectivity index (χ3n) is 3.34. The molecule has 24 heavy (non-hydrogen) atoms. The molecule has 2 N–H and O–H groups in total. The molecule has 2 rings (SSSR count). The third-order valence-corrected chi connectivity index (χ3v) is 3.34. The Morgan fingerprint density at radius 2 is 1.83 bits per heavy atom. The Morgan fingerprint density at radius 3 is 2.58 bits per heavy atom. The van der Waals surface area contributed by atoms with Gasteiger partial charge in [-0.1, -0.05) is 31.2 Å². The van der Waals surface area contributed by atoms with Crippen molar-refractivity contribution in [2.75, 3.05) is 13.7 Å². The number of rotatable bonds is 6. The number of hydrogen-bond acceptors (Lipinski definition) is 4. The van der Waals surface area contributed by atoms with Crippen LogP contribution in [0.1, 0.15) is 22.8 Å². The highest BCUT2D eigenvalue weighted by Crippen LogP contribution is 2.16. The molecule has 0 aliphatic heterocycles. The van der Waals surface area contributed by atoms with Crippen LogP contribution < -0.4 is 20.3 Å². The second kappa shape index (κ2) is 8.57. The van der Waals surface area contributed by atoms with Gasteiger partial charge in [-0.2, -0.15) is 0 Å². The van der Waals surface area contributed by atoms with Crippen LogP contribution in [0.5, 0.6) is 11.5 Å². The molecule has 0 aromatic heterocycles. The van der Waals surface area contributed by atoms with Crippen LogP contribution in [-0.4, -0.2) is 25.5 Å². The van der Waals surface area contributed by atoms with Crippen LogP contribution in [0, 0.1) is 0 Å². The molecule has 2 amide bonds. The van der Waals surface area contributed by atoms with E-state index < -0.39 is 11.8 Å². The van der Waals surface area contributed by atoms with Gasteiger partial charge < -0.3 is 9.47 Å². The van der Waals surface area contributed by atoms with Crippen molar-refractivity contribution in [1.82, 2.24) is 10.9 Å². The van der Waals surface area contributed by atoms with Crippen molar-refractivity contribution in [3.63, 3.8) is 0 Å². The highest BCUT2D eigenvalue weighted by molar-refractivity contribution is 5.97. The predicted molar refractivity (Wildman–Crippen MR) is 89.9 cm³/mol. The molecule has 2 aromatic carbocycles. The first kappa shape index (κ1) is 17.3. The normalized spacial score (nSPS) is 9.92. The number of ether oxygens (including phenoxy) is 2. The molecule has 0 aliphatic carbocycles. The molecule has 0 saturated carbocycles. The first-order chi connectivity index (χ1) is 11.6. The summed E-state index contributed by atoms with van der Waals surface area (Å²) < 4.78 is 10.5. The second-order valence-corrected chi connectivity index (χ2v) is 4.99. The topological polar surface area (TPSA) is 76.7 Å². The average molecular weight is 328 g/mol. The van der Waals surface area contributed by atoms with Crippen LogP contribution in [0.3, 0.4) is 0 Å². The Bertz CT molecular complexity index is 716. The lowest BCUT2D eigenvalue weighted by Crippen LogP contribution is -2.43. The number of hydrazine groups is 1. The molecule has 6 nitrogen and oxygen atoms in total. The summed E-state index contributed by atoms with van der Waals surface area (Å²) in [6.45, 7) is 1.85. The van der Waals surface area contributed by atoms with E-state index in [-0.39, 0.29) is 6.61 Å². The summed E-state index contributed by atoms with van der Waals surface area (Å²) in [5.41, 5.74) is 6.10. The van der Waals surface area contributed by atoms with Gasteiger partial charge >= 0.3 is 0 Å². The predicted octanol–water partition coefficient (Wildman–Crippen LogP) is 2.10. The lowest BCUT2D eigenvalue weighted by atomic mass is 10.2. The van der Waals surface area contributed by atoms with Crippen LogP contribution >= 0.6 is 0 Å². The fraction of sp³-hybridized carbons (Fsp3) is 0.222. The zero-order valence-electron chi connectivity index (χ0n) is 13.7. The summed E-state index contributed by atoms with van der Waals surface area (Å²) in [7, 11) is 1.48.